The Kier molecular flexibility index (Phi) is 3.17. The van der Waals surface area contributed by atoms with Gasteiger partial charge in [0, 0.05) is 17.1 Å². The summed E-state index contributed by atoms with van der Waals surface area (Å²) in [7, 11) is 0. The average molecular weight is 323 g/mol. The summed E-state index contributed by atoms with van der Waals surface area (Å²) in [4.78, 5) is 4.98. The number of hydrogen-bond acceptors (Lipinski definition) is 2. The molecule has 120 valence electrons. The average Bonchev–Trinajstić information content (AvgIpc) is 3.12. The van der Waals surface area contributed by atoms with Gasteiger partial charge in [-0.25, -0.2) is 4.99 Å². The highest BCUT2D eigenvalue weighted by molar-refractivity contribution is 6.08. The van der Waals surface area contributed by atoms with Crippen LogP contribution in [-0.2, 0) is 6.54 Å². The predicted molar refractivity (Wildman–Crippen MR) is 103 cm³/mol. The van der Waals surface area contributed by atoms with Crippen LogP contribution >= 0.6 is 0 Å². The Labute approximate surface area is 146 Å². The second-order valence-electron chi connectivity index (χ2n) is 6.21. The van der Waals surface area contributed by atoms with Crippen LogP contribution in [0.4, 0.5) is 5.69 Å². The molecule has 1 aromatic heterocycles. The Morgan fingerprint density at radius 3 is 2.40 bits per heavy atom. The van der Waals surface area contributed by atoms with Gasteiger partial charge in [-0.1, -0.05) is 66.7 Å². The molecule has 0 spiro atoms. The van der Waals surface area contributed by atoms with Gasteiger partial charge in [0.05, 0.1) is 17.7 Å². The molecule has 0 unspecified atom stereocenters. The van der Waals surface area contributed by atoms with Crippen molar-refractivity contribution in [2.24, 2.45) is 4.99 Å². The number of aromatic nitrogens is 1. The van der Waals surface area contributed by atoms with Crippen molar-refractivity contribution in [3.05, 3.63) is 102 Å². The Balaban J connectivity index is 1.72. The summed E-state index contributed by atoms with van der Waals surface area (Å²) in [5.41, 5.74) is 4.59. The minimum Gasteiger partial charge on any atom is -0.259 e. The van der Waals surface area contributed by atoms with E-state index in [9.17, 15) is 0 Å². The summed E-state index contributed by atoms with van der Waals surface area (Å²) in [6.07, 6.45) is 2.12. The summed E-state index contributed by atoms with van der Waals surface area (Å²) in [5, 5.41) is 3.48. The maximum Gasteiger partial charge on any atom is 0.155 e. The van der Waals surface area contributed by atoms with E-state index in [1.54, 1.807) is 0 Å². The fourth-order valence-electron chi connectivity index (χ4n) is 3.42. The first-order valence-electron chi connectivity index (χ1n) is 8.46. The minimum absolute atomic E-state index is 0.794. The number of aliphatic imine (C=N–C) groups is 1. The van der Waals surface area contributed by atoms with Crippen molar-refractivity contribution in [1.29, 1.82) is 0 Å². The molecule has 1 aliphatic rings. The van der Waals surface area contributed by atoms with Gasteiger partial charge in [-0.2, -0.15) is 0 Å². The number of nitrogens with zero attached hydrogens (tertiary/aromatic N) is 3. The third-order valence-corrected chi connectivity index (χ3v) is 4.65. The van der Waals surface area contributed by atoms with E-state index < -0.39 is 0 Å². The first-order chi connectivity index (χ1) is 12.4. The maximum atomic E-state index is 4.98. The highest BCUT2D eigenvalue weighted by atomic mass is 15.6. The van der Waals surface area contributed by atoms with Gasteiger partial charge in [0.2, 0.25) is 0 Å². The molecule has 0 atom stereocenters. The second-order valence-corrected chi connectivity index (χ2v) is 6.21. The van der Waals surface area contributed by atoms with Gasteiger partial charge < -0.3 is 0 Å². The first kappa shape index (κ1) is 14.1. The Morgan fingerprint density at radius 2 is 1.48 bits per heavy atom. The molecule has 3 aromatic carbocycles. The van der Waals surface area contributed by atoms with E-state index in [4.69, 9.17) is 4.99 Å². The molecule has 1 aliphatic heterocycles. The molecule has 0 saturated carbocycles. The van der Waals surface area contributed by atoms with Crippen molar-refractivity contribution < 1.29 is 0 Å². The molecule has 5 rings (SSSR count). The minimum atomic E-state index is 0.794. The molecule has 0 N–H and O–H groups in total. The molecular formula is C22H17N3. The SMILES string of the molecule is c1ccc(C2=Nc3ccccc3CN2n2ccc3ccccc32)cc1. The van der Waals surface area contributed by atoms with E-state index in [1.807, 2.05) is 12.1 Å². The molecule has 0 fully saturated rings. The molecule has 2 heterocycles. The van der Waals surface area contributed by atoms with Crippen LogP contribution in [0.5, 0.6) is 0 Å². The summed E-state index contributed by atoms with van der Waals surface area (Å²) in [6, 6.07) is 29.4. The lowest BCUT2D eigenvalue weighted by Gasteiger charge is -2.32. The highest BCUT2D eigenvalue weighted by Gasteiger charge is 2.23. The van der Waals surface area contributed by atoms with E-state index >= 15 is 0 Å². The Bertz CT molecular complexity index is 1080. The van der Waals surface area contributed by atoms with Crippen LogP contribution in [0, 0.1) is 0 Å². The van der Waals surface area contributed by atoms with Crippen LogP contribution in [0.1, 0.15) is 11.1 Å². The van der Waals surface area contributed by atoms with Crippen molar-refractivity contribution in [1.82, 2.24) is 4.68 Å². The topological polar surface area (TPSA) is 20.5 Å². The van der Waals surface area contributed by atoms with E-state index in [1.165, 1.54) is 16.5 Å². The third-order valence-electron chi connectivity index (χ3n) is 4.65. The summed E-state index contributed by atoms with van der Waals surface area (Å²) >= 11 is 0. The van der Waals surface area contributed by atoms with Crippen molar-refractivity contribution in [3.8, 4) is 0 Å². The molecule has 4 aromatic rings. The molecule has 25 heavy (non-hydrogen) atoms. The summed E-state index contributed by atoms with van der Waals surface area (Å²) < 4.78 is 2.21. The lowest BCUT2D eigenvalue weighted by molar-refractivity contribution is 0.728. The van der Waals surface area contributed by atoms with Crippen LogP contribution in [0.2, 0.25) is 0 Å². The molecular weight excluding hydrogens is 306 g/mol. The van der Waals surface area contributed by atoms with E-state index in [2.05, 4.69) is 88.7 Å². The van der Waals surface area contributed by atoms with Crippen LogP contribution < -0.4 is 5.01 Å². The van der Waals surface area contributed by atoms with E-state index in [0.29, 0.717) is 0 Å². The number of rotatable bonds is 2. The van der Waals surface area contributed by atoms with Crippen LogP contribution in [0.3, 0.4) is 0 Å². The number of fused-ring (bicyclic) bond motifs is 2. The van der Waals surface area contributed by atoms with Crippen LogP contribution in [-0.4, -0.2) is 10.5 Å². The molecule has 0 saturated heterocycles. The van der Waals surface area contributed by atoms with Gasteiger partial charge >= 0.3 is 0 Å². The zero-order chi connectivity index (χ0) is 16.6. The smallest absolute Gasteiger partial charge is 0.155 e. The molecule has 0 aliphatic carbocycles. The van der Waals surface area contributed by atoms with Crippen molar-refractivity contribution >= 4 is 22.4 Å². The zero-order valence-corrected chi connectivity index (χ0v) is 13.7. The Morgan fingerprint density at radius 1 is 0.720 bits per heavy atom. The third kappa shape index (κ3) is 2.32. The number of hydrogen-bond donors (Lipinski definition) is 0. The van der Waals surface area contributed by atoms with Gasteiger partial charge in [0.15, 0.2) is 5.84 Å². The van der Waals surface area contributed by atoms with E-state index in [0.717, 1.165) is 23.6 Å². The first-order valence-corrected chi connectivity index (χ1v) is 8.46. The van der Waals surface area contributed by atoms with Crippen molar-refractivity contribution in [3.63, 3.8) is 0 Å². The number of para-hydroxylation sites is 2. The summed E-state index contributed by atoms with van der Waals surface area (Å²) in [6.45, 7) is 0.794. The normalized spacial score (nSPS) is 13.6. The van der Waals surface area contributed by atoms with Crippen molar-refractivity contribution in [2.45, 2.75) is 6.54 Å². The van der Waals surface area contributed by atoms with Gasteiger partial charge in [-0.05, 0) is 23.8 Å². The van der Waals surface area contributed by atoms with Crippen LogP contribution in [0.15, 0.2) is 96.1 Å². The zero-order valence-electron chi connectivity index (χ0n) is 13.7. The van der Waals surface area contributed by atoms with Gasteiger partial charge in [-0.15, -0.1) is 0 Å². The number of benzene rings is 3. The monoisotopic (exact) mass is 323 g/mol. The maximum absolute atomic E-state index is 4.98. The molecule has 0 bridgehead atoms. The summed E-state index contributed by atoms with van der Waals surface area (Å²) in [5.74, 6) is 0.973. The van der Waals surface area contributed by atoms with Gasteiger partial charge in [-0.3, -0.25) is 9.69 Å². The fourth-order valence-corrected chi connectivity index (χ4v) is 3.42. The lowest BCUT2D eigenvalue weighted by Crippen LogP contribution is -2.41. The van der Waals surface area contributed by atoms with E-state index in [-0.39, 0.29) is 0 Å². The predicted octanol–water partition coefficient (Wildman–Crippen LogP) is 4.87. The molecule has 3 heteroatoms. The molecule has 3 nitrogen and oxygen atoms in total. The lowest BCUT2D eigenvalue weighted by atomic mass is 10.1. The molecule has 0 radical (unpaired) electrons. The standard InChI is InChI=1S/C22H17N3/c1-2-9-18(10-3-1)22-23-20-12-6-4-11-19(20)16-25(22)24-15-14-17-8-5-7-13-21(17)24/h1-15H,16H2. The number of amidine groups is 1. The van der Waals surface area contributed by atoms with Gasteiger partial charge in [0.25, 0.3) is 0 Å². The fraction of sp³-hybridized carbons (Fsp3) is 0.0455. The highest BCUT2D eigenvalue weighted by Crippen LogP contribution is 2.28. The second kappa shape index (κ2) is 5.64. The molecule has 0 amide bonds. The van der Waals surface area contributed by atoms with Gasteiger partial charge in [0.1, 0.15) is 0 Å². The largest absolute Gasteiger partial charge is 0.259 e. The van der Waals surface area contributed by atoms with Crippen LogP contribution in [0.25, 0.3) is 10.9 Å². The Hall–Kier alpha value is -3.33. The van der Waals surface area contributed by atoms with Crippen molar-refractivity contribution in [2.75, 3.05) is 5.01 Å². The quantitative estimate of drug-likeness (QED) is 0.515.